The number of halogens is 1. The van der Waals surface area contributed by atoms with Gasteiger partial charge in [0, 0.05) is 18.3 Å². The topological polar surface area (TPSA) is 43.6 Å². The molecular weight excluding hydrogens is 451 g/mol. The van der Waals surface area contributed by atoms with Crippen molar-refractivity contribution in [1.29, 1.82) is 0 Å². The summed E-state index contributed by atoms with van der Waals surface area (Å²) < 4.78 is 12.0. The Morgan fingerprint density at radius 3 is 2.93 bits per heavy atom. The van der Waals surface area contributed by atoms with Crippen LogP contribution in [0.4, 0.5) is 0 Å². The molecule has 0 amide bonds. The number of ether oxygens (including phenoxy) is 1. The van der Waals surface area contributed by atoms with Gasteiger partial charge >= 0.3 is 0 Å². The molecule has 1 aliphatic rings. The van der Waals surface area contributed by atoms with E-state index in [1.165, 1.54) is 0 Å². The number of hydrogen-bond donors (Lipinski definition) is 0. The number of nitrogens with zero attached hydrogens (tertiary/aromatic N) is 2. The third kappa shape index (κ3) is 4.54. The first-order chi connectivity index (χ1) is 13.1. The van der Waals surface area contributed by atoms with Gasteiger partial charge < -0.3 is 4.74 Å². The quantitative estimate of drug-likeness (QED) is 0.280. The van der Waals surface area contributed by atoms with Gasteiger partial charge in [-0.1, -0.05) is 37.0 Å². The summed E-state index contributed by atoms with van der Waals surface area (Å²) in [7, 11) is 0. The highest BCUT2D eigenvalue weighted by molar-refractivity contribution is 14.2. The number of fused-ring (bicyclic) bond motifs is 1. The molecule has 0 saturated heterocycles. The molecule has 27 heavy (non-hydrogen) atoms. The Labute approximate surface area is 164 Å². The maximum absolute atomic E-state index is 12.6. The molecule has 2 aromatic rings. The Morgan fingerprint density at radius 1 is 1.30 bits per heavy atom. The maximum Gasteiger partial charge on any atom is 0.237 e. The molecule has 0 aliphatic carbocycles. The summed E-state index contributed by atoms with van der Waals surface area (Å²) in [4.78, 5) is 14.9. The maximum atomic E-state index is 12.6. The molecule has 1 aliphatic heterocycles. The lowest BCUT2D eigenvalue weighted by Gasteiger charge is -2.10. The zero-order valence-corrected chi connectivity index (χ0v) is 17.5. The molecule has 0 N–H and O–H groups in total. The first-order valence-corrected chi connectivity index (χ1v) is 13.1. The van der Waals surface area contributed by atoms with E-state index in [1.54, 1.807) is 35.0 Å². The summed E-state index contributed by atoms with van der Waals surface area (Å²) in [5, 5.41) is 4.51. The second kappa shape index (κ2) is 8.81. The second-order valence-corrected chi connectivity index (χ2v) is 10.3. The number of rotatable bonds is 5. The van der Waals surface area contributed by atoms with Crippen LogP contribution in [-0.4, -0.2) is 22.6 Å². The zero-order chi connectivity index (χ0) is 19.2. The molecule has 0 unspecified atom stereocenters. The Balaban J connectivity index is 2.11. The normalized spacial score (nSPS) is 15.2. The van der Waals surface area contributed by atoms with E-state index in [-0.39, 0.29) is 5.43 Å². The molecule has 0 aromatic carbocycles. The predicted octanol–water partition coefficient (Wildman–Crippen LogP) is 4.41. The van der Waals surface area contributed by atoms with E-state index < -0.39 is 18.9 Å². The highest BCUT2D eigenvalue weighted by Crippen LogP contribution is 2.22. The minimum atomic E-state index is -1.31. The van der Waals surface area contributed by atoms with Gasteiger partial charge in [-0.05, 0) is 43.7 Å². The Hall–Kier alpha value is -2.67. The third-order valence-electron chi connectivity index (χ3n) is 3.78. The highest BCUT2D eigenvalue weighted by atomic mass is 127. The summed E-state index contributed by atoms with van der Waals surface area (Å²) in [6.45, 7) is 5.61. The fourth-order valence-corrected chi connectivity index (χ4v) is 5.34. The lowest BCUT2D eigenvalue weighted by atomic mass is 10.1. The Kier molecular flexibility index (Phi) is 6.24. The van der Waals surface area contributed by atoms with Crippen LogP contribution in [0.25, 0.3) is 11.1 Å². The molecule has 3 rings (SSSR count). The molecule has 3 heterocycles. The minimum absolute atomic E-state index is 0.00583. The fraction of sp³-hybridized carbons (Fsp3) is 0.0909. The monoisotopic (exact) mass is 472 g/mol. The predicted molar refractivity (Wildman–Crippen MR) is 124 cm³/mol. The lowest BCUT2D eigenvalue weighted by molar-refractivity contribution is 0.417. The van der Waals surface area contributed by atoms with Gasteiger partial charge in [-0.2, -0.15) is 18.9 Å². The molecule has 2 aromatic heterocycles. The Morgan fingerprint density at radius 2 is 2.15 bits per heavy atom. The van der Waals surface area contributed by atoms with Gasteiger partial charge in [0.2, 0.25) is 5.88 Å². The summed E-state index contributed by atoms with van der Waals surface area (Å²) in [6, 6.07) is 5.20. The molecular formula is C22H21IN2O2. The largest absolute Gasteiger partial charge is 0.438 e. The average Bonchev–Trinajstić information content (AvgIpc) is 2.86. The minimum Gasteiger partial charge on any atom is -0.438 e. The van der Waals surface area contributed by atoms with Crippen LogP contribution in [0, 0.1) is 0 Å². The standard InChI is InChI=1S/C22H21IN2O2/c1-4-8-18(9-5-2)27-21-12-11-19-22(20(26)13-15-25(19)24-21)17-10-6-7-14-23(3)16-17/h4-16H,1H2,2-3H3/b9-5-,18-8+. The van der Waals surface area contributed by atoms with Crippen molar-refractivity contribution in [3.63, 3.8) is 0 Å². The fourth-order valence-electron chi connectivity index (χ4n) is 2.66. The summed E-state index contributed by atoms with van der Waals surface area (Å²) in [6.07, 6.45) is 14.9. The number of pyridine rings is 1. The number of hydrogen-bond acceptors (Lipinski definition) is 3. The molecule has 5 heteroatoms. The molecule has 0 saturated carbocycles. The van der Waals surface area contributed by atoms with Crippen LogP contribution in [0.3, 0.4) is 0 Å². The van der Waals surface area contributed by atoms with Gasteiger partial charge in [-0.15, -0.1) is 5.10 Å². The van der Waals surface area contributed by atoms with Crippen LogP contribution in [0.15, 0.2) is 84.1 Å². The molecule has 0 atom stereocenters. The second-order valence-electron chi connectivity index (χ2n) is 5.77. The van der Waals surface area contributed by atoms with E-state index >= 15 is 0 Å². The molecule has 0 fully saturated rings. The van der Waals surface area contributed by atoms with Crippen molar-refractivity contribution in [2.24, 2.45) is 0 Å². The Bertz CT molecular complexity index is 1150. The molecule has 0 bridgehead atoms. The van der Waals surface area contributed by atoms with Crippen molar-refractivity contribution in [2.75, 3.05) is 4.93 Å². The smallest absolute Gasteiger partial charge is 0.237 e. The van der Waals surface area contributed by atoms with Crippen LogP contribution in [0.2, 0.25) is 0 Å². The van der Waals surface area contributed by atoms with Gasteiger partial charge in [-0.25, -0.2) is 4.52 Å². The first kappa shape index (κ1) is 19.1. The van der Waals surface area contributed by atoms with Crippen LogP contribution in [0.1, 0.15) is 12.5 Å². The van der Waals surface area contributed by atoms with E-state index in [2.05, 4.69) is 30.7 Å². The van der Waals surface area contributed by atoms with E-state index in [1.807, 2.05) is 37.3 Å². The van der Waals surface area contributed by atoms with Gasteiger partial charge in [0.05, 0.1) is 11.1 Å². The lowest BCUT2D eigenvalue weighted by Crippen LogP contribution is -2.12. The van der Waals surface area contributed by atoms with Crippen LogP contribution < -0.4 is 10.2 Å². The molecule has 0 radical (unpaired) electrons. The SMILES string of the molecule is C=C/C=C(\C=C/C)Oc1ccc2c(C3=CC=CC=I(C)=C3)c(=O)ccn2n1. The van der Waals surface area contributed by atoms with E-state index in [0.717, 1.165) is 11.1 Å². The van der Waals surface area contributed by atoms with Crippen molar-refractivity contribution in [1.82, 2.24) is 9.61 Å². The van der Waals surface area contributed by atoms with Crippen LogP contribution in [-0.2, 0) is 0 Å². The van der Waals surface area contributed by atoms with Gasteiger partial charge in [0.15, 0.2) is 5.43 Å². The molecule has 4 nitrogen and oxygen atoms in total. The van der Waals surface area contributed by atoms with E-state index in [4.69, 9.17) is 4.74 Å². The van der Waals surface area contributed by atoms with Crippen molar-refractivity contribution in [2.45, 2.75) is 6.92 Å². The van der Waals surface area contributed by atoms with Gasteiger partial charge in [-0.3, -0.25) is 4.79 Å². The number of allylic oxidation sites excluding steroid dienone is 8. The first-order valence-electron chi connectivity index (χ1n) is 8.42. The highest BCUT2D eigenvalue weighted by Gasteiger charge is 2.11. The van der Waals surface area contributed by atoms with Crippen molar-refractivity contribution in [3.05, 3.63) is 95.1 Å². The average molecular weight is 472 g/mol. The van der Waals surface area contributed by atoms with E-state index in [0.29, 0.717) is 17.2 Å². The summed E-state index contributed by atoms with van der Waals surface area (Å²) in [5.41, 5.74) is 2.40. The van der Waals surface area contributed by atoms with Crippen LogP contribution >= 0.6 is 18.9 Å². The number of alkyl halides is 1. The zero-order valence-electron chi connectivity index (χ0n) is 15.3. The third-order valence-corrected chi connectivity index (χ3v) is 6.98. The van der Waals surface area contributed by atoms with Crippen molar-refractivity contribution in [3.8, 4) is 5.88 Å². The number of aromatic nitrogens is 2. The van der Waals surface area contributed by atoms with Gasteiger partial charge in [0.25, 0.3) is 0 Å². The molecule has 0 spiro atoms. The summed E-state index contributed by atoms with van der Waals surface area (Å²) in [5.74, 6) is 1.08. The van der Waals surface area contributed by atoms with Gasteiger partial charge in [0.1, 0.15) is 5.76 Å². The van der Waals surface area contributed by atoms with Crippen LogP contribution in [0.5, 0.6) is 5.88 Å². The van der Waals surface area contributed by atoms with E-state index in [9.17, 15) is 4.79 Å². The van der Waals surface area contributed by atoms with Crippen molar-refractivity contribution < 1.29 is 4.74 Å². The summed E-state index contributed by atoms with van der Waals surface area (Å²) >= 11 is -1.31. The molecule has 138 valence electrons. The van der Waals surface area contributed by atoms with Crippen molar-refractivity contribution >= 4 is 38.0 Å².